The first-order valence-corrected chi connectivity index (χ1v) is 9.93. The Morgan fingerprint density at radius 2 is 1.77 bits per heavy atom. The van der Waals surface area contributed by atoms with Gasteiger partial charge in [-0.1, -0.05) is 36.8 Å². The predicted molar refractivity (Wildman–Crippen MR) is 104 cm³/mol. The van der Waals surface area contributed by atoms with E-state index >= 15 is 0 Å². The molecule has 2 atom stereocenters. The molecule has 1 aromatic carbocycles. The van der Waals surface area contributed by atoms with E-state index in [4.69, 9.17) is 0 Å². The molecule has 0 saturated carbocycles. The van der Waals surface area contributed by atoms with Gasteiger partial charge in [0, 0.05) is 30.4 Å². The molecular weight excluding hydrogens is 322 g/mol. The molecule has 4 rings (SSSR count). The Morgan fingerprint density at radius 3 is 2.35 bits per heavy atom. The van der Waals surface area contributed by atoms with Crippen LogP contribution in [0.1, 0.15) is 64.0 Å². The molecule has 0 radical (unpaired) electrons. The summed E-state index contributed by atoms with van der Waals surface area (Å²) >= 11 is 0. The van der Waals surface area contributed by atoms with Crippen molar-refractivity contribution >= 4 is 0 Å². The first-order chi connectivity index (χ1) is 12.4. The third kappa shape index (κ3) is 3.33. The van der Waals surface area contributed by atoms with Crippen LogP contribution in [0.2, 0.25) is 0 Å². The van der Waals surface area contributed by atoms with Crippen molar-refractivity contribution in [1.29, 1.82) is 0 Å². The molecule has 2 aliphatic rings. The molecule has 1 aromatic heterocycles. The van der Waals surface area contributed by atoms with Gasteiger partial charge in [-0.25, -0.2) is 0 Å². The SMILES string of the molecule is CC(C)(C)n1cc(C2(O)CC3CCCC(C2)N3Cc2ccccc2)cn1. The van der Waals surface area contributed by atoms with E-state index in [0.29, 0.717) is 12.1 Å². The maximum absolute atomic E-state index is 11.5. The highest BCUT2D eigenvalue weighted by atomic mass is 16.3. The molecule has 4 heteroatoms. The summed E-state index contributed by atoms with van der Waals surface area (Å²) in [6.45, 7) is 7.43. The van der Waals surface area contributed by atoms with E-state index in [2.05, 4.69) is 67.3 Å². The average molecular weight is 354 g/mol. The Hall–Kier alpha value is -1.65. The molecule has 2 bridgehead atoms. The largest absolute Gasteiger partial charge is 0.385 e. The number of rotatable bonds is 3. The number of aromatic nitrogens is 2. The van der Waals surface area contributed by atoms with Crippen LogP contribution in [0.3, 0.4) is 0 Å². The normalized spacial score (nSPS) is 29.7. The zero-order valence-electron chi connectivity index (χ0n) is 16.2. The van der Waals surface area contributed by atoms with E-state index in [1.807, 2.05) is 10.9 Å². The first kappa shape index (κ1) is 17.7. The van der Waals surface area contributed by atoms with E-state index in [1.165, 1.54) is 24.8 Å². The number of piperidine rings is 2. The van der Waals surface area contributed by atoms with E-state index in [-0.39, 0.29) is 5.54 Å². The molecule has 2 aliphatic heterocycles. The van der Waals surface area contributed by atoms with Gasteiger partial charge in [-0.3, -0.25) is 9.58 Å². The minimum absolute atomic E-state index is 0.0571. The molecule has 0 amide bonds. The zero-order chi connectivity index (χ0) is 18.4. The highest BCUT2D eigenvalue weighted by Gasteiger charge is 2.46. The number of fused-ring (bicyclic) bond motifs is 2. The second-order valence-electron chi connectivity index (χ2n) is 9.18. The van der Waals surface area contributed by atoms with Crippen molar-refractivity contribution in [3.63, 3.8) is 0 Å². The van der Waals surface area contributed by atoms with Gasteiger partial charge in [-0.2, -0.15) is 5.10 Å². The number of benzene rings is 1. The van der Waals surface area contributed by atoms with E-state index in [0.717, 1.165) is 24.9 Å². The highest BCUT2D eigenvalue weighted by Crippen LogP contribution is 2.45. The van der Waals surface area contributed by atoms with Gasteiger partial charge in [-0.05, 0) is 52.0 Å². The van der Waals surface area contributed by atoms with Crippen LogP contribution in [0, 0.1) is 0 Å². The lowest BCUT2D eigenvalue weighted by molar-refractivity contribution is -0.0999. The molecule has 2 unspecified atom stereocenters. The second kappa shape index (κ2) is 6.50. The molecule has 2 saturated heterocycles. The van der Waals surface area contributed by atoms with Crippen LogP contribution in [0.4, 0.5) is 0 Å². The summed E-state index contributed by atoms with van der Waals surface area (Å²) in [6, 6.07) is 11.6. The molecule has 3 heterocycles. The maximum Gasteiger partial charge on any atom is 0.0956 e. The van der Waals surface area contributed by atoms with Crippen LogP contribution in [0.5, 0.6) is 0 Å². The van der Waals surface area contributed by atoms with Gasteiger partial charge in [-0.15, -0.1) is 0 Å². The summed E-state index contributed by atoms with van der Waals surface area (Å²) in [5.41, 5.74) is 1.56. The smallest absolute Gasteiger partial charge is 0.0956 e. The summed E-state index contributed by atoms with van der Waals surface area (Å²) in [5, 5.41) is 16.1. The summed E-state index contributed by atoms with van der Waals surface area (Å²) in [6.07, 6.45) is 9.20. The number of nitrogens with zero attached hydrogens (tertiary/aromatic N) is 3. The Bertz CT molecular complexity index is 732. The second-order valence-corrected chi connectivity index (χ2v) is 9.18. The van der Waals surface area contributed by atoms with Crippen LogP contribution < -0.4 is 0 Å². The van der Waals surface area contributed by atoms with Crippen LogP contribution >= 0.6 is 0 Å². The first-order valence-electron chi connectivity index (χ1n) is 9.93. The summed E-state index contributed by atoms with van der Waals surface area (Å²) in [4.78, 5) is 2.64. The van der Waals surface area contributed by atoms with Gasteiger partial charge in [0.1, 0.15) is 0 Å². The summed E-state index contributed by atoms with van der Waals surface area (Å²) in [5.74, 6) is 0. The lowest BCUT2D eigenvalue weighted by Gasteiger charge is -2.52. The van der Waals surface area contributed by atoms with Crippen molar-refractivity contribution in [2.45, 2.75) is 82.6 Å². The zero-order valence-corrected chi connectivity index (χ0v) is 16.2. The fourth-order valence-corrected chi connectivity index (χ4v) is 4.74. The minimum Gasteiger partial charge on any atom is -0.385 e. The van der Waals surface area contributed by atoms with Gasteiger partial charge >= 0.3 is 0 Å². The molecule has 140 valence electrons. The maximum atomic E-state index is 11.5. The fraction of sp³-hybridized carbons (Fsp3) is 0.591. The number of hydrogen-bond acceptors (Lipinski definition) is 3. The third-order valence-corrected chi connectivity index (χ3v) is 6.17. The molecule has 4 nitrogen and oxygen atoms in total. The highest BCUT2D eigenvalue weighted by molar-refractivity contribution is 5.21. The molecule has 0 aliphatic carbocycles. The molecule has 2 fully saturated rings. The Balaban J connectivity index is 1.56. The Kier molecular flexibility index (Phi) is 4.44. The topological polar surface area (TPSA) is 41.3 Å². The Morgan fingerprint density at radius 1 is 1.12 bits per heavy atom. The lowest BCUT2D eigenvalue weighted by atomic mass is 9.73. The molecule has 0 spiro atoms. The number of hydrogen-bond donors (Lipinski definition) is 1. The lowest BCUT2D eigenvalue weighted by Crippen LogP contribution is -2.56. The van der Waals surface area contributed by atoms with Gasteiger partial charge in [0.25, 0.3) is 0 Å². The van der Waals surface area contributed by atoms with Crippen LogP contribution in [0.15, 0.2) is 42.7 Å². The number of aliphatic hydroxyl groups is 1. The van der Waals surface area contributed by atoms with Crippen molar-refractivity contribution in [2.24, 2.45) is 0 Å². The van der Waals surface area contributed by atoms with E-state index in [9.17, 15) is 5.11 Å². The summed E-state index contributed by atoms with van der Waals surface area (Å²) in [7, 11) is 0. The fourth-order valence-electron chi connectivity index (χ4n) is 4.74. The van der Waals surface area contributed by atoms with Crippen LogP contribution in [0.25, 0.3) is 0 Å². The monoisotopic (exact) mass is 353 g/mol. The minimum atomic E-state index is -0.744. The molecule has 1 N–H and O–H groups in total. The average Bonchev–Trinajstić information content (AvgIpc) is 3.08. The van der Waals surface area contributed by atoms with Crippen molar-refractivity contribution in [1.82, 2.24) is 14.7 Å². The molecule has 2 aromatic rings. The van der Waals surface area contributed by atoms with Crippen LogP contribution in [-0.4, -0.2) is 31.9 Å². The molecule has 26 heavy (non-hydrogen) atoms. The predicted octanol–water partition coefficient (Wildman–Crippen LogP) is 4.04. The van der Waals surface area contributed by atoms with Crippen molar-refractivity contribution in [2.75, 3.05) is 0 Å². The summed E-state index contributed by atoms with van der Waals surface area (Å²) < 4.78 is 1.98. The standard InChI is InChI=1S/C22H31N3O/c1-21(2,3)25-16-18(14-23-25)22(26)12-19-10-7-11-20(13-22)24(19)15-17-8-5-4-6-9-17/h4-6,8-9,14,16,19-20,26H,7,10-13,15H2,1-3H3. The molecular formula is C22H31N3O. The van der Waals surface area contributed by atoms with Gasteiger partial charge in [0.15, 0.2) is 0 Å². The third-order valence-electron chi connectivity index (χ3n) is 6.17. The van der Waals surface area contributed by atoms with Gasteiger partial charge in [0.05, 0.1) is 17.3 Å². The van der Waals surface area contributed by atoms with Crippen LogP contribution in [-0.2, 0) is 17.7 Å². The van der Waals surface area contributed by atoms with Crippen molar-refractivity contribution in [3.05, 3.63) is 53.9 Å². The van der Waals surface area contributed by atoms with Crippen molar-refractivity contribution < 1.29 is 5.11 Å². The van der Waals surface area contributed by atoms with Crippen molar-refractivity contribution in [3.8, 4) is 0 Å². The van der Waals surface area contributed by atoms with E-state index < -0.39 is 5.60 Å². The van der Waals surface area contributed by atoms with E-state index in [1.54, 1.807) is 0 Å². The van der Waals surface area contributed by atoms with Gasteiger partial charge < -0.3 is 5.11 Å². The van der Waals surface area contributed by atoms with Gasteiger partial charge in [0.2, 0.25) is 0 Å². The Labute approximate surface area is 156 Å². The quantitative estimate of drug-likeness (QED) is 0.905.